The van der Waals surface area contributed by atoms with E-state index in [0.717, 1.165) is 48.9 Å². The van der Waals surface area contributed by atoms with Gasteiger partial charge in [0.1, 0.15) is 12.6 Å². The first-order valence-electron chi connectivity index (χ1n) is 16.1. The summed E-state index contributed by atoms with van der Waals surface area (Å²) < 4.78 is 71.1. The number of carbonyl (C=O) groups excluding carboxylic acids is 2. The highest BCUT2D eigenvalue weighted by Crippen LogP contribution is 2.38. The first kappa shape index (κ1) is 37.2. The van der Waals surface area contributed by atoms with Crippen molar-refractivity contribution in [2.75, 3.05) is 10.8 Å². The molecule has 0 spiro atoms. The second-order valence-corrected chi connectivity index (χ2v) is 15.0. The molecule has 0 saturated heterocycles. The standard InChI is InChI=1S/C37H36Cl2F3N3O4S/c1-25-11-18-31(19-12-25)50(48,49)45(30-17-20-33(39)32(22-30)37(40,41)42)24-35(46)44(23-27-13-15-28(38)16-14-27)34(21-26-7-3-2-4-8-26)36(47)43-29-9-5-6-10-29/h2-4,7-8,11-20,22,29,34H,5-6,9-10,21,23-24H2,1H3,(H,43,47). The summed E-state index contributed by atoms with van der Waals surface area (Å²) in [5, 5.41) is 2.90. The van der Waals surface area contributed by atoms with Crippen LogP contribution in [-0.2, 0) is 38.8 Å². The van der Waals surface area contributed by atoms with Crippen LogP contribution in [0.5, 0.6) is 0 Å². The topological polar surface area (TPSA) is 86.8 Å². The summed E-state index contributed by atoms with van der Waals surface area (Å²) in [4.78, 5) is 29.8. The lowest BCUT2D eigenvalue weighted by atomic mass is 10.0. The number of rotatable bonds is 12. The van der Waals surface area contributed by atoms with Crippen LogP contribution >= 0.6 is 23.2 Å². The first-order chi connectivity index (χ1) is 23.7. The van der Waals surface area contributed by atoms with Gasteiger partial charge in [0.25, 0.3) is 10.0 Å². The third-order valence-corrected chi connectivity index (χ3v) is 11.0. The van der Waals surface area contributed by atoms with Gasteiger partial charge in [-0.15, -0.1) is 0 Å². The number of carbonyl (C=O) groups is 2. The van der Waals surface area contributed by atoms with Crippen LogP contribution in [0.25, 0.3) is 0 Å². The maximum absolute atomic E-state index is 14.6. The fourth-order valence-electron chi connectivity index (χ4n) is 5.96. The van der Waals surface area contributed by atoms with Crippen molar-refractivity contribution >= 4 is 50.7 Å². The van der Waals surface area contributed by atoms with Gasteiger partial charge in [-0.05, 0) is 73.4 Å². The molecule has 2 amide bonds. The van der Waals surface area contributed by atoms with Crippen molar-refractivity contribution in [2.45, 2.75) is 68.7 Å². The average molecular weight is 747 g/mol. The van der Waals surface area contributed by atoms with E-state index in [1.54, 1.807) is 55.5 Å². The summed E-state index contributed by atoms with van der Waals surface area (Å²) in [6.07, 6.45) is -1.33. The van der Waals surface area contributed by atoms with Gasteiger partial charge < -0.3 is 10.2 Å². The molecule has 1 saturated carbocycles. The minimum Gasteiger partial charge on any atom is -0.352 e. The Hall–Kier alpha value is -4.06. The summed E-state index contributed by atoms with van der Waals surface area (Å²) in [6.45, 7) is 0.730. The van der Waals surface area contributed by atoms with E-state index in [1.165, 1.54) is 17.0 Å². The zero-order valence-corrected chi connectivity index (χ0v) is 29.5. The molecule has 5 rings (SSSR count). The molecule has 1 atom stereocenters. The van der Waals surface area contributed by atoms with E-state index in [0.29, 0.717) is 21.0 Å². The van der Waals surface area contributed by atoms with E-state index in [9.17, 15) is 31.2 Å². The van der Waals surface area contributed by atoms with Gasteiger partial charge in [-0.2, -0.15) is 13.2 Å². The number of halogens is 5. The number of sulfonamides is 1. The lowest BCUT2D eigenvalue weighted by Crippen LogP contribution is -2.54. The Balaban J connectivity index is 1.61. The van der Waals surface area contributed by atoms with Crippen molar-refractivity contribution < 1.29 is 31.2 Å². The molecule has 264 valence electrons. The number of hydrogen-bond acceptors (Lipinski definition) is 4. The highest BCUT2D eigenvalue weighted by molar-refractivity contribution is 7.92. The Morgan fingerprint density at radius 3 is 2.14 bits per heavy atom. The maximum atomic E-state index is 14.6. The van der Waals surface area contributed by atoms with Gasteiger partial charge >= 0.3 is 6.18 Å². The van der Waals surface area contributed by atoms with Crippen LogP contribution in [0.2, 0.25) is 10.0 Å². The van der Waals surface area contributed by atoms with Crippen LogP contribution in [0.4, 0.5) is 18.9 Å². The van der Waals surface area contributed by atoms with E-state index in [1.807, 2.05) is 18.2 Å². The third-order valence-electron chi connectivity index (χ3n) is 8.67. The summed E-state index contributed by atoms with van der Waals surface area (Å²) in [5.41, 5.74) is 0.433. The minimum absolute atomic E-state index is 0.0819. The molecule has 1 aliphatic rings. The zero-order chi connectivity index (χ0) is 36.1. The predicted octanol–water partition coefficient (Wildman–Crippen LogP) is 8.21. The molecule has 13 heteroatoms. The van der Waals surface area contributed by atoms with E-state index in [-0.39, 0.29) is 23.9 Å². The summed E-state index contributed by atoms with van der Waals surface area (Å²) in [7, 11) is -4.62. The molecule has 1 aliphatic carbocycles. The summed E-state index contributed by atoms with van der Waals surface area (Å²) in [6, 6.07) is 22.9. The number of anilines is 1. The van der Waals surface area contributed by atoms with E-state index in [4.69, 9.17) is 23.2 Å². The van der Waals surface area contributed by atoms with Gasteiger partial charge in [0.2, 0.25) is 11.8 Å². The Morgan fingerprint density at radius 2 is 1.52 bits per heavy atom. The van der Waals surface area contributed by atoms with Gasteiger partial charge in [0, 0.05) is 24.0 Å². The van der Waals surface area contributed by atoms with Crippen LogP contribution in [0.1, 0.15) is 47.9 Å². The van der Waals surface area contributed by atoms with E-state index in [2.05, 4.69) is 5.32 Å². The molecule has 0 aliphatic heterocycles. The van der Waals surface area contributed by atoms with Crippen molar-refractivity contribution in [1.29, 1.82) is 0 Å². The number of amides is 2. The Morgan fingerprint density at radius 1 is 0.880 bits per heavy atom. The van der Waals surface area contributed by atoms with E-state index < -0.39 is 56.9 Å². The third kappa shape index (κ3) is 9.18. The van der Waals surface area contributed by atoms with Crippen molar-refractivity contribution in [3.05, 3.63) is 129 Å². The zero-order valence-electron chi connectivity index (χ0n) is 27.2. The number of nitrogens with one attached hydrogen (secondary N) is 1. The highest BCUT2D eigenvalue weighted by Gasteiger charge is 2.38. The number of nitrogens with zero attached hydrogens (tertiary/aromatic N) is 2. The molecule has 1 unspecified atom stereocenters. The van der Waals surface area contributed by atoms with Gasteiger partial charge in [-0.3, -0.25) is 13.9 Å². The lowest BCUT2D eigenvalue weighted by molar-refractivity contribution is -0.140. The molecule has 0 radical (unpaired) electrons. The lowest BCUT2D eigenvalue weighted by Gasteiger charge is -2.34. The molecule has 0 heterocycles. The second kappa shape index (κ2) is 15.9. The van der Waals surface area contributed by atoms with Crippen LogP contribution in [0.3, 0.4) is 0 Å². The molecule has 7 nitrogen and oxygen atoms in total. The van der Waals surface area contributed by atoms with Gasteiger partial charge in [0.15, 0.2) is 0 Å². The molecule has 1 fully saturated rings. The van der Waals surface area contributed by atoms with Crippen molar-refractivity contribution in [1.82, 2.24) is 10.2 Å². The van der Waals surface area contributed by atoms with Crippen molar-refractivity contribution in [3.63, 3.8) is 0 Å². The van der Waals surface area contributed by atoms with Crippen molar-refractivity contribution in [2.24, 2.45) is 0 Å². The summed E-state index contributed by atoms with van der Waals surface area (Å²) in [5.74, 6) is -1.22. The van der Waals surface area contributed by atoms with Crippen LogP contribution < -0.4 is 9.62 Å². The Labute approximate surface area is 300 Å². The van der Waals surface area contributed by atoms with Crippen molar-refractivity contribution in [3.8, 4) is 0 Å². The SMILES string of the molecule is Cc1ccc(S(=O)(=O)N(CC(=O)N(Cc2ccc(Cl)cc2)C(Cc2ccccc2)C(=O)NC2CCCC2)c2ccc(Cl)c(C(F)(F)F)c2)cc1. The number of benzene rings is 4. The monoisotopic (exact) mass is 745 g/mol. The summed E-state index contributed by atoms with van der Waals surface area (Å²) >= 11 is 12.0. The average Bonchev–Trinajstić information content (AvgIpc) is 3.59. The van der Waals surface area contributed by atoms with E-state index >= 15 is 0 Å². The highest BCUT2D eigenvalue weighted by atomic mass is 35.5. The fourth-order valence-corrected chi connectivity index (χ4v) is 7.72. The molecule has 4 aromatic rings. The molecular weight excluding hydrogens is 710 g/mol. The first-order valence-corrected chi connectivity index (χ1v) is 18.3. The normalized spacial score (nSPS) is 14.3. The molecule has 1 N–H and O–H groups in total. The second-order valence-electron chi connectivity index (χ2n) is 12.3. The van der Waals surface area contributed by atoms with Gasteiger partial charge in [-0.1, -0.05) is 96.2 Å². The fraction of sp³-hybridized carbons (Fsp3) is 0.297. The molecule has 4 aromatic carbocycles. The Kier molecular flexibility index (Phi) is 11.8. The van der Waals surface area contributed by atoms with Gasteiger partial charge in [0.05, 0.1) is 21.2 Å². The molecule has 0 aromatic heterocycles. The molecular formula is C37H36Cl2F3N3O4S. The van der Waals surface area contributed by atoms with Gasteiger partial charge in [-0.25, -0.2) is 8.42 Å². The smallest absolute Gasteiger partial charge is 0.352 e. The Bertz CT molecular complexity index is 1900. The molecule has 0 bridgehead atoms. The predicted molar refractivity (Wildman–Crippen MR) is 188 cm³/mol. The van der Waals surface area contributed by atoms with Crippen LogP contribution in [0.15, 0.2) is 102 Å². The number of hydrogen-bond donors (Lipinski definition) is 1. The van der Waals surface area contributed by atoms with Crippen LogP contribution in [0, 0.1) is 6.92 Å². The number of alkyl halides is 3. The largest absolute Gasteiger partial charge is 0.417 e. The minimum atomic E-state index is -4.91. The number of aryl methyl sites for hydroxylation is 1. The quantitative estimate of drug-likeness (QED) is 0.158. The molecule has 50 heavy (non-hydrogen) atoms. The van der Waals surface area contributed by atoms with Crippen LogP contribution in [-0.4, -0.2) is 43.8 Å². The maximum Gasteiger partial charge on any atom is 0.417 e.